The minimum absolute atomic E-state index is 0.240. The van der Waals surface area contributed by atoms with E-state index in [4.69, 9.17) is 18.6 Å². The first kappa shape index (κ1) is 26.4. The Morgan fingerprint density at radius 2 is 1.58 bits per heavy atom. The lowest BCUT2D eigenvalue weighted by atomic mass is 9.98. The van der Waals surface area contributed by atoms with Crippen molar-refractivity contribution in [2.24, 2.45) is 0 Å². The van der Waals surface area contributed by atoms with Crippen LogP contribution < -0.4 is 9.47 Å². The third-order valence-electron chi connectivity index (χ3n) is 4.10. The normalized spacial score (nSPS) is 11.9. The standard InChI is InChI=1S/C26H33FO5Si/c1-25(2,3)31-24(28)30-20-10-12-21(22-17-19(29-6)11-13-23(22)27)18(16-20)14-15-26(4,5)32-33(7,8)9/h10-13,16-17H,1-9H3. The highest BCUT2D eigenvalue weighted by Crippen LogP contribution is 2.32. The third-order valence-corrected chi connectivity index (χ3v) is 5.23. The Kier molecular flexibility index (Phi) is 7.99. The van der Waals surface area contributed by atoms with Crippen molar-refractivity contribution >= 4 is 14.5 Å². The summed E-state index contributed by atoms with van der Waals surface area (Å²) in [5.74, 6) is 6.59. The molecule has 0 radical (unpaired) electrons. The number of rotatable bonds is 5. The van der Waals surface area contributed by atoms with Gasteiger partial charge in [0, 0.05) is 16.7 Å². The minimum Gasteiger partial charge on any atom is -0.497 e. The van der Waals surface area contributed by atoms with Gasteiger partial charge in [0.25, 0.3) is 0 Å². The second kappa shape index (κ2) is 9.98. The highest BCUT2D eigenvalue weighted by molar-refractivity contribution is 6.69. The lowest BCUT2D eigenvalue weighted by Gasteiger charge is -2.28. The van der Waals surface area contributed by atoms with Crippen molar-refractivity contribution < 1.29 is 27.8 Å². The van der Waals surface area contributed by atoms with Gasteiger partial charge in [-0.15, -0.1) is 0 Å². The molecule has 0 heterocycles. The molecule has 33 heavy (non-hydrogen) atoms. The molecule has 0 aromatic heterocycles. The Hall–Kier alpha value is -2.82. The molecule has 178 valence electrons. The van der Waals surface area contributed by atoms with Gasteiger partial charge in [0.2, 0.25) is 0 Å². The fraction of sp³-hybridized carbons (Fsp3) is 0.423. The average molecular weight is 473 g/mol. The molecule has 0 aliphatic heterocycles. The number of carbonyl (C=O) groups excluding carboxylic acids is 1. The van der Waals surface area contributed by atoms with Crippen LogP contribution in [-0.2, 0) is 9.16 Å². The molecule has 0 atom stereocenters. The van der Waals surface area contributed by atoms with Crippen molar-refractivity contribution in [2.75, 3.05) is 7.11 Å². The van der Waals surface area contributed by atoms with Crippen molar-refractivity contribution in [3.63, 3.8) is 0 Å². The smallest absolute Gasteiger partial charge is 0.497 e. The molecule has 0 aliphatic rings. The lowest BCUT2D eigenvalue weighted by molar-refractivity contribution is 0.0206. The molecule has 0 bridgehead atoms. The fourth-order valence-electron chi connectivity index (χ4n) is 3.14. The third kappa shape index (κ3) is 8.56. The minimum atomic E-state index is -1.85. The summed E-state index contributed by atoms with van der Waals surface area (Å²) >= 11 is 0. The Bertz CT molecular complexity index is 1070. The molecule has 0 unspecified atom stereocenters. The first-order valence-electron chi connectivity index (χ1n) is 10.7. The average Bonchev–Trinajstić information content (AvgIpc) is 2.64. The maximum atomic E-state index is 14.7. The summed E-state index contributed by atoms with van der Waals surface area (Å²) in [5, 5.41) is 0. The van der Waals surface area contributed by atoms with E-state index in [0.29, 0.717) is 22.4 Å². The molecule has 0 saturated heterocycles. The monoisotopic (exact) mass is 472 g/mol. The molecule has 0 spiro atoms. The van der Waals surface area contributed by atoms with E-state index in [0.717, 1.165) is 0 Å². The summed E-state index contributed by atoms with van der Waals surface area (Å²) < 4.78 is 36.7. The van der Waals surface area contributed by atoms with Gasteiger partial charge in [-0.1, -0.05) is 11.8 Å². The summed E-state index contributed by atoms with van der Waals surface area (Å²) in [6, 6.07) is 9.33. The zero-order valence-electron chi connectivity index (χ0n) is 20.9. The number of hydrogen-bond donors (Lipinski definition) is 0. The number of methoxy groups -OCH3 is 1. The van der Waals surface area contributed by atoms with Gasteiger partial charge in [0.15, 0.2) is 8.32 Å². The van der Waals surface area contributed by atoms with E-state index >= 15 is 0 Å². The largest absolute Gasteiger partial charge is 0.514 e. The fourth-order valence-corrected chi connectivity index (χ4v) is 4.72. The van der Waals surface area contributed by atoms with Crippen molar-refractivity contribution in [2.45, 2.75) is 65.5 Å². The van der Waals surface area contributed by atoms with Gasteiger partial charge < -0.3 is 18.6 Å². The van der Waals surface area contributed by atoms with E-state index in [1.165, 1.54) is 13.2 Å². The summed E-state index contributed by atoms with van der Waals surface area (Å²) in [6.07, 6.45) is -0.830. The van der Waals surface area contributed by atoms with Crippen molar-refractivity contribution in [1.29, 1.82) is 0 Å². The quantitative estimate of drug-likeness (QED) is 0.207. The first-order valence-corrected chi connectivity index (χ1v) is 14.1. The number of carbonyl (C=O) groups is 1. The predicted molar refractivity (Wildman–Crippen MR) is 131 cm³/mol. The number of benzene rings is 2. The number of halogens is 1. The molecule has 5 nitrogen and oxygen atoms in total. The van der Waals surface area contributed by atoms with Crippen LogP contribution in [0.3, 0.4) is 0 Å². The Balaban J connectivity index is 2.55. The summed E-state index contributed by atoms with van der Waals surface area (Å²) in [7, 11) is -0.331. The highest BCUT2D eigenvalue weighted by atomic mass is 28.4. The summed E-state index contributed by atoms with van der Waals surface area (Å²) in [4.78, 5) is 12.1. The van der Waals surface area contributed by atoms with Crippen LogP contribution in [0, 0.1) is 17.7 Å². The van der Waals surface area contributed by atoms with Crippen LogP contribution in [0.15, 0.2) is 36.4 Å². The lowest BCUT2D eigenvalue weighted by Crippen LogP contribution is -2.37. The van der Waals surface area contributed by atoms with E-state index < -0.39 is 31.5 Å². The van der Waals surface area contributed by atoms with Crippen molar-refractivity contribution in [1.82, 2.24) is 0 Å². The second-order valence-corrected chi connectivity index (χ2v) is 14.5. The Labute approximate surface area is 197 Å². The van der Waals surface area contributed by atoms with Gasteiger partial charge in [-0.05, 0) is 90.7 Å². The van der Waals surface area contributed by atoms with Gasteiger partial charge >= 0.3 is 6.16 Å². The molecule has 0 fully saturated rings. The molecule has 2 rings (SSSR count). The molecule has 0 saturated carbocycles. The molecule has 2 aromatic rings. The van der Waals surface area contributed by atoms with Crippen LogP contribution in [0.2, 0.25) is 19.6 Å². The molecule has 0 aliphatic carbocycles. The van der Waals surface area contributed by atoms with Gasteiger partial charge in [-0.2, -0.15) is 0 Å². The van der Waals surface area contributed by atoms with Crippen molar-refractivity contribution in [3.05, 3.63) is 47.8 Å². The van der Waals surface area contributed by atoms with E-state index in [1.807, 2.05) is 13.8 Å². The maximum absolute atomic E-state index is 14.7. The number of hydrogen-bond acceptors (Lipinski definition) is 5. The van der Waals surface area contributed by atoms with Gasteiger partial charge in [-0.3, -0.25) is 0 Å². The second-order valence-electron chi connectivity index (χ2n) is 10.1. The Morgan fingerprint density at radius 1 is 0.939 bits per heavy atom. The summed E-state index contributed by atoms with van der Waals surface area (Å²) in [6.45, 7) is 15.3. The molecule has 7 heteroatoms. The van der Waals surface area contributed by atoms with E-state index in [9.17, 15) is 9.18 Å². The molecule has 0 amide bonds. The summed E-state index contributed by atoms with van der Waals surface area (Å²) in [5.41, 5.74) is -0.0562. The zero-order chi connectivity index (χ0) is 25.0. The highest BCUT2D eigenvalue weighted by Gasteiger charge is 2.25. The molecular weight excluding hydrogens is 439 g/mol. The van der Waals surface area contributed by atoms with Crippen LogP contribution in [0.4, 0.5) is 9.18 Å². The van der Waals surface area contributed by atoms with E-state index in [1.54, 1.807) is 51.1 Å². The maximum Gasteiger partial charge on any atom is 0.514 e. The number of ether oxygens (including phenoxy) is 3. The van der Waals surface area contributed by atoms with Crippen LogP contribution in [0.1, 0.15) is 40.2 Å². The SMILES string of the molecule is COc1ccc(F)c(-c2ccc(OC(=O)OC(C)(C)C)cc2C#CC(C)(C)O[Si](C)(C)C)c1. The zero-order valence-corrected chi connectivity index (χ0v) is 21.9. The van der Waals surface area contributed by atoms with Gasteiger partial charge in [0.05, 0.1) is 7.11 Å². The predicted octanol–water partition coefficient (Wildman–Crippen LogP) is 6.80. The topological polar surface area (TPSA) is 54.0 Å². The first-order chi connectivity index (χ1) is 15.1. The van der Waals surface area contributed by atoms with E-state index in [2.05, 4.69) is 31.5 Å². The molecular formula is C26H33FO5Si. The molecule has 2 aromatic carbocycles. The van der Waals surface area contributed by atoms with Crippen LogP contribution >= 0.6 is 0 Å². The Morgan fingerprint density at radius 3 is 2.15 bits per heavy atom. The van der Waals surface area contributed by atoms with Crippen LogP contribution in [0.5, 0.6) is 11.5 Å². The van der Waals surface area contributed by atoms with Crippen LogP contribution in [-0.4, -0.2) is 32.8 Å². The van der Waals surface area contributed by atoms with Gasteiger partial charge in [0.1, 0.15) is 28.5 Å². The van der Waals surface area contributed by atoms with Crippen LogP contribution in [0.25, 0.3) is 11.1 Å². The van der Waals surface area contributed by atoms with E-state index in [-0.39, 0.29) is 5.75 Å². The van der Waals surface area contributed by atoms with Crippen molar-refractivity contribution in [3.8, 4) is 34.5 Å². The van der Waals surface area contributed by atoms with Gasteiger partial charge in [-0.25, -0.2) is 9.18 Å². The molecule has 0 N–H and O–H groups in total.